The topological polar surface area (TPSA) is 83.1 Å². The van der Waals surface area contributed by atoms with Gasteiger partial charge < -0.3 is 30.1 Å². The zero-order valence-corrected chi connectivity index (χ0v) is 18.7. The van der Waals surface area contributed by atoms with Crippen molar-refractivity contribution in [2.45, 2.75) is 43.9 Å². The number of carbonyl (C=O) groups excluding carboxylic acids is 1. The fraction of sp³-hybridized carbons (Fsp3) is 0.650. The Kier molecular flexibility index (Phi) is 10.5. The molecule has 2 fully saturated rings. The highest BCUT2D eigenvalue weighted by atomic mass is 35.5. The van der Waals surface area contributed by atoms with Gasteiger partial charge >= 0.3 is 0 Å². The van der Waals surface area contributed by atoms with E-state index in [0.717, 1.165) is 37.9 Å². The van der Waals surface area contributed by atoms with Crippen molar-refractivity contribution in [3.8, 4) is 11.5 Å². The van der Waals surface area contributed by atoms with Gasteiger partial charge in [-0.3, -0.25) is 4.79 Å². The normalized spacial score (nSPS) is 22.4. The molecule has 2 aliphatic heterocycles. The van der Waals surface area contributed by atoms with Crippen molar-refractivity contribution in [3.05, 3.63) is 23.8 Å². The second-order valence-electron chi connectivity index (χ2n) is 7.42. The van der Waals surface area contributed by atoms with Gasteiger partial charge in [0.25, 0.3) is 5.91 Å². The third-order valence-corrected chi connectivity index (χ3v) is 5.57. The van der Waals surface area contributed by atoms with E-state index < -0.39 is 5.60 Å². The summed E-state index contributed by atoms with van der Waals surface area (Å²) < 4.78 is 10.8. The molecule has 0 saturated carbocycles. The first-order valence-corrected chi connectivity index (χ1v) is 9.73. The minimum Gasteiger partial charge on any atom is -0.493 e. The van der Waals surface area contributed by atoms with Crippen LogP contribution < -0.4 is 20.1 Å². The molecule has 0 aromatic heterocycles. The number of rotatable bonds is 7. The summed E-state index contributed by atoms with van der Waals surface area (Å²) in [5.74, 6) is 1.07. The van der Waals surface area contributed by atoms with Crippen molar-refractivity contribution in [1.29, 1.82) is 0 Å². The van der Waals surface area contributed by atoms with Gasteiger partial charge in [0.05, 0.1) is 14.2 Å². The Morgan fingerprint density at radius 3 is 2.62 bits per heavy atom. The van der Waals surface area contributed by atoms with Crippen LogP contribution in [0.5, 0.6) is 11.5 Å². The molecule has 3 rings (SSSR count). The lowest BCUT2D eigenvalue weighted by atomic mass is 9.90. The van der Waals surface area contributed by atoms with Crippen LogP contribution in [0, 0.1) is 0 Å². The predicted octanol–water partition coefficient (Wildman–Crippen LogP) is 1.74. The van der Waals surface area contributed by atoms with Gasteiger partial charge in [-0.1, -0.05) is 12.1 Å². The minimum absolute atomic E-state index is 0. The molecule has 7 nitrogen and oxygen atoms in total. The van der Waals surface area contributed by atoms with E-state index in [0.29, 0.717) is 43.6 Å². The molecule has 2 aliphatic rings. The van der Waals surface area contributed by atoms with E-state index in [1.54, 1.807) is 19.1 Å². The van der Waals surface area contributed by atoms with Gasteiger partial charge in [0.15, 0.2) is 17.1 Å². The molecule has 1 amide bonds. The van der Waals surface area contributed by atoms with Gasteiger partial charge in [-0.25, -0.2) is 0 Å². The summed E-state index contributed by atoms with van der Waals surface area (Å²) in [4.78, 5) is 14.8. The number of hydrogen-bond donors (Lipinski definition) is 3. The smallest absolute Gasteiger partial charge is 0.256 e. The molecular weight excluding hydrogens is 417 g/mol. The lowest BCUT2D eigenvalue weighted by molar-refractivity contribution is -0.157. The second kappa shape index (κ2) is 11.8. The predicted molar refractivity (Wildman–Crippen MR) is 118 cm³/mol. The molecule has 1 unspecified atom stereocenters. The third-order valence-electron chi connectivity index (χ3n) is 5.57. The summed E-state index contributed by atoms with van der Waals surface area (Å²) in [6.07, 6.45) is 3.32. The first-order valence-electron chi connectivity index (χ1n) is 9.73. The lowest BCUT2D eigenvalue weighted by Crippen LogP contribution is -2.59. The average Bonchev–Trinajstić information content (AvgIpc) is 2.70. The van der Waals surface area contributed by atoms with Crippen molar-refractivity contribution in [2.24, 2.45) is 0 Å². The molecule has 0 bridgehead atoms. The Bertz CT molecular complexity index is 659. The van der Waals surface area contributed by atoms with E-state index in [1.807, 2.05) is 18.2 Å². The van der Waals surface area contributed by atoms with E-state index in [-0.39, 0.29) is 30.7 Å². The van der Waals surface area contributed by atoms with Crippen LogP contribution in [-0.4, -0.2) is 68.0 Å². The van der Waals surface area contributed by atoms with E-state index in [4.69, 9.17) is 9.47 Å². The van der Waals surface area contributed by atoms with Crippen molar-refractivity contribution in [2.75, 3.05) is 40.4 Å². The monoisotopic (exact) mass is 449 g/mol. The van der Waals surface area contributed by atoms with Crippen LogP contribution in [-0.2, 0) is 11.3 Å². The summed E-state index contributed by atoms with van der Waals surface area (Å²) in [5, 5.41) is 17.8. The molecule has 2 saturated heterocycles. The molecule has 0 spiro atoms. The summed E-state index contributed by atoms with van der Waals surface area (Å²) >= 11 is 0. The van der Waals surface area contributed by atoms with Crippen LogP contribution in [0.25, 0.3) is 0 Å². The van der Waals surface area contributed by atoms with Crippen molar-refractivity contribution in [1.82, 2.24) is 15.5 Å². The Balaban J connectivity index is 0.00000210. The summed E-state index contributed by atoms with van der Waals surface area (Å²) in [6, 6.07) is 6.00. The zero-order valence-electron chi connectivity index (χ0n) is 17.1. The van der Waals surface area contributed by atoms with E-state index in [1.165, 1.54) is 0 Å². The van der Waals surface area contributed by atoms with Crippen molar-refractivity contribution >= 4 is 30.7 Å². The summed E-state index contributed by atoms with van der Waals surface area (Å²) in [7, 11) is 3.19. The number of likely N-dealkylation sites (tertiary alicyclic amines) is 1. The maximum absolute atomic E-state index is 13.0. The average molecular weight is 450 g/mol. The quantitative estimate of drug-likeness (QED) is 0.587. The molecule has 29 heavy (non-hydrogen) atoms. The van der Waals surface area contributed by atoms with E-state index >= 15 is 0 Å². The molecule has 9 heteroatoms. The largest absolute Gasteiger partial charge is 0.493 e. The maximum atomic E-state index is 13.0. The number of methoxy groups -OCH3 is 2. The molecule has 1 atom stereocenters. The highest BCUT2D eigenvalue weighted by Crippen LogP contribution is 2.33. The Hall–Kier alpha value is -1.25. The third kappa shape index (κ3) is 6.12. The summed E-state index contributed by atoms with van der Waals surface area (Å²) in [6.45, 7) is 3.30. The number of aliphatic hydroxyl groups is 1. The van der Waals surface area contributed by atoms with Gasteiger partial charge in [-0.05, 0) is 44.8 Å². The van der Waals surface area contributed by atoms with Crippen LogP contribution in [0.4, 0.5) is 0 Å². The highest BCUT2D eigenvalue weighted by Gasteiger charge is 2.42. The molecule has 2 heterocycles. The number of ether oxygens (including phenoxy) is 2. The number of piperidine rings is 2. The van der Waals surface area contributed by atoms with Crippen LogP contribution in [0.3, 0.4) is 0 Å². The van der Waals surface area contributed by atoms with Crippen molar-refractivity contribution in [3.63, 3.8) is 0 Å². The fourth-order valence-electron chi connectivity index (χ4n) is 4.00. The Morgan fingerprint density at radius 1 is 1.24 bits per heavy atom. The van der Waals surface area contributed by atoms with Gasteiger partial charge in [0.1, 0.15) is 0 Å². The zero-order chi connectivity index (χ0) is 19.3. The molecule has 0 radical (unpaired) electrons. The van der Waals surface area contributed by atoms with Gasteiger partial charge in [-0.15, -0.1) is 24.8 Å². The van der Waals surface area contributed by atoms with E-state index in [9.17, 15) is 9.90 Å². The first kappa shape index (κ1) is 25.8. The number of benzene rings is 1. The summed E-state index contributed by atoms with van der Waals surface area (Å²) in [5.41, 5.74) is -0.462. The molecule has 166 valence electrons. The number of para-hydroxylation sites is 1. The van der Waals surface area contributed by atoms with Gasteiger partial charge in [0, 0.05) is 31.2 Å². The molecule has 1 aromatic rings. The number of hydrogen-bond acceptors (Lipinski definition) is 6. The first-order chi connectivity index (χ1) is 13.1. The Labute approximate surface area is 185 Å². The van der Waals surface area contributed by atoms with Crippen LogP contribution >= 0.6 is 24.8 Å². The van der Waals surface area contributed by atoms with E-state index in [2.05, 4.69) is 10.6 Å². The number of carbonyl (C=O) groups is 1. The maximum Gasteiger partial charge on any atom is 0.256 e. The minimum atomic E-state index is -1.34. The SMILES string of the molecule is COc1cccc(CN2CCCC(O)(CNC3CCNCC3)C2=O)c1OC.Cl.Cl. The molecular formula is C20H33Cl2N3O4. The van der Waals surface area contributed by atoms with Crippen molar-refractivity contribution < 1.29 is 19.4 Å². The molecule has 1 aromatic carbocycles. The molecule has 0 aliphatic carbocycles. The lowest BCUT2D eigenvalue weighted by Gasteiger charge is -2.39. The van der Waals surface area contributed by atoms with Crippen LogP contribution in [0.15, 0.2) is 18.2 Å². The van der Waals surface area contributed by atoms with Crippen LogP contribution in [0.2, 0.25) is 0 Å². The second-order valence-corrected chi connectivity index (χ2v) is 7.42. The highest BCUT2D eigenvalue weighted by molar-refractivity contribution is 5.86. The van der Waals surface area contributed by atoms with Gasteiger partial charge in [0.2, 0.25) is 0 Å². The van der Waals surface area contributed by atoms with Crippen LogP contribution in [0.1, 0.15) is 31.2 Å². The van der Waals surface area contributed by atoms with Gasteiger partial charge in [-0.2, -0.15) is 0 Å². The number of halogens is 2. The number of amides is 1. The Morgan fingerprint density at radius 2 is 1.97 bits per heavy atom. The standard InChI is InChI=1S/C20H31N3O4.2ClH/c1-26-17-6-3-5-15(18(17)27-2)13-23-12-4-9-20(25,19(23)24)14-22-16-7-10-21-11-8-16;;/h3,5-6,16,21-22,25H,4,7-14H2,1-2H3;2*1H. The fourth-order valence-corrected chi connectivity index (χ4v) is 4.00. The number of nitrogens with zero attached hydrogens (tertiary/aromatic N) is 1. The number of nitrogens with one attached hydrogen (secondary N) is 2. The molecule has 3 N–H and O–H groups in total.